The van der Waals surface area contributed by atoms with E-state index in [1.807, 2.05) is 56.3 Å². The molecule has 0 unspecified atom stereocenters. The van der Waals surface area contributed by atoms with Crippen molar-refractivity contribution in [2.45, 2.75) is 30.3 Å². The minimum absolute atomic E-state index is 0.0869. The van der Waals surface area contributed by atoms with Crippen LogP contribution in [0.5, 0.6) is 11.5 Å². The topological polar surface area (TPSA) is 90.7 Å². The highest BCUT2D eigenvalue weighted by molar-refractivity contribution is 7.91. The van der Waals surface area contributed by atoms with E-state index in [0.717, 1.165) is 16.7 Å². The lowest BCUT2D eigenvalue weighted by Crippen LogP contribution is -2.07. The van der Waals surface area contributed by atoms with Crippen molar-refractivity contribution < 1.29 is 22.3 Å². The van der Waals surface area contributed by atoms with Crippen LogP contribution in [-0.2, 0) is 16.4 Å². The zero-order valence-corrected chi connectivity index (χ0v) is 19.0. The Morgan fingerprint density at radius 3 is 2.27 bits per heavy atom. The summed E-state index contributed by atoms with van der Waals surface area (Å²) in [6.45, 7) is 4.38. The predicted molar refractivity (Wildman–Crippen MR) is 123 cm³/mol. The third kappa shape index (κ3) is 4.17. The van der Waals surface area contributed by atoms with Crippen molar-refractivity contribution in [2.75, 3.05) is 12.1 Å². The first-order chi connectivity index (χ1) is 15.9. The maximum absolute atomic E-state index is 13.4. The van der Waals surface area contributed by atoms with Gasteiger partial charge in [-0.05, 0) is 55.8 Å². The smallest absolute Gasteiger partial charge is 0.234 e. The molecule has 33 heavy (non-hydrogen) atoms. The molecular formula is C25H22N2O5S. The minimum atomic E-state index is -3.91. The van der Waals surface area contributed by atoms with E-state index in [1.165, 1.54) is 0 Å². The van der Waals surface area contributed by atoms with Gasteiger partial charge in [-0.15, -0.1) is 0 Å². The number of benzene rings is 3. The highest BCUT2D eigenvalue weighted by atomic mass is 32.2. The minimum Gasteiger partial charge on any atom is -0.454 e. The van der Waals surface area contributed by atoms with E-state index in [4.69, 9.17) is 13.9 Å². The Labute approximate surface area is 191 Å². The van der Waals surface area contributed by atoms with Gasteiger partial charge in [0.05, 0.1) is 4.90 Å². The van der Waals surface area contributed by atoms with Crippen LogP contribution in [0.1, 0.15) is 16.7 Å². The molecule has 168 valence electrons. The second kappa shape index (κ2) is 8.29. The van der Waals surface area contributed by atoms with Crippen LogP contribution in [-0.4, -0.2) is 20.2 Å². The zero-order valence-electron chi connectivity index (χ0n) is 18.2. The van der Waals surface area contributed by atoms with Crippen molar-refractivity contribution in [3.63, 3.8) is 0 Å². The van der Waals surface area contributed by atoms with Crippen molar-refractivity contribution in [2.24, 2.45) is 0 Å². The molecule has 1 aliphatic rings. The average Bonchev–Trinajstić information content (AvgIpc) is 3.45. The molecule has 0 fully saturated rings. The second-order valence-corrected chi connectivity index (χ2v) is 9.74. The monoisotopic (exact) mass is 462 g/mol. The number of rotatable bonds is 6. The molecule has 0 aliphatic carbocycles. The first kappa shape index (κ1) is 21.1. The van der Waals surface area contributed by atoms with E-state index in [-0.39, 0.29) is 28.5 Å². The van der Waals surface area contributed by atoms with Gasteiger partial charge in [0, 0.05) is 12.1 Å². The van der Waals surface area contributed by atoms with Crippen molar-refractivity contribution in [1.82, 2.24) is 4.98 Å². The number of hydrogen-bond acceptors (Lipinski definition) is 7. The lowest BCUT2D eigenvalue weighted by molar-refractivity contribution is 0.174. The fourth-order valence-corrected chi connectivity index (χ4v) is 4.76. The molecule has 1 aliphatic heterocycles. The molecule has 0 spiro atoms. The molecule has 1 N–H and O–H groups in total. The lowest BCUT2D eigenvalue weighted by Gasteiger charge is -2.07. The number of aryl methyl sites for hydroxylation is 2. The number of nitrogens with one attached hydrogen (secondary N) is 1. The molecule has 0 saturated carbocycles. The van der Waals surface area contributed by atoms with Gasteiger partial charge in [0.25, 0.3) is 0 Å². The van der Waals surface area contributed by atoms with Gasteiger partial charge in [-0.3, -0.25) is 0 Å². The number of sulfone groups is 1. The number of fused-ring (bicyclic) bond motifs is 1. The number of ether oxygens (including phenoxy) is 2. The molecule has 3 aromatic carbocycles. The van der Waals surface area contributed by atoms with Gasteiger partial charge in [0.2, 0.25) is 33.4 Å². The average molecular weight is 463 g/mol. The highest BCUT2D eigenvalue weighted by Gasteiger charge is 2.28. The van der Waals surface area contributed by atoms with Gasteiger partial charge in [0.15, 0.2) is 11.5 Å². The summed E-state index contributed by atoms with van der Waals surface area (Å²) < 4.78 is 43.6. The summed E-state index contributed by atoms with van der Waals surface area (Å²) >= 11 is 0. The Morgan fingerprint density at radius 2 is 1.55 bits per heavy atom. The number of hydrogen-bond donors (Lipinski definition) is 1. The SMILES string of the molecule is Cc1ccc(-c2nc(S(=O)(=O)c3ccc(C)cc3)c(NCc3ccc4c(c3)OCO4)o2)cc1. The molecule has 7 nitrogen and oxygen atoms in total. The van der Waals surface area contributed by atoms with Crippen LogP contribution >= 0.6 is 0 Å². The fourth-order valence-electron chi connectivity index (χ4n) is 3.48. The molecule has 0 atom stereocenters. The predicted octanol–water partition coefficient (Wildman–Crippen LogP) is 5.13. The van der Waals surface area contributed by atoms with Crippen molar-refractivity contribution >= 4 is 15.7 Å². The number of oxazole rings is 1. The van der Waals surface area contributed by atoms with Crippen LogP contribution in [0.25, 0.3) is 11.5 Å². The summed E-state index contributed by atoms with van der Waals surface area (Å²) in [6.07, 6.45) is 0. The summed E-state index contributed by atoms with van der Waals surface area (Å²) in [6, 6.07) is 19.8. The molecule has 0 radical (unpaired) electrons. The first-order valence-corrected chi connectivity index (χ1v) is 11.9. The van der Waals surface area contributed by atoms with Crippen LogP contribution in [0.4, 0.5) is 5.88 Å². The maximum atomic E-state index is 13.4. The quantitative estimate of drug-likeness (QED) is 0.425. The molecule has 4 aromatic rings. The van der Waals surface area contributed by atoms with Gasteiger partial charge in [-0.2, -0.15) is 4.98 Å². The molecule has 0 bridgehead atoms. The molecule has 5 rings (SSSR count). The largest absolute Gasteiger partial charge is 0.454 e. The first-order valence-electron chi connectivity index (χ1n) is 10.4. The van der Waals surface area contributed by atoms with Gasteiger partial charge in [-0.1, -0.05) is 41.5 Å². The summed E-state index contributed by atoms with van der Waals surface area (Å²) in [5.41, 5.74) is 3.62. The Kier molecular flexibility index (Phi) is 5.30. The molecule has 2 heterocycles. The fraction of sp³-hybridized carbons (Fsp3) is 0.160. The summed E-state index contributed by atoms with van der Waals surface area (Å²) in [5.74, 6) is 1.65. The Hall–Kier alpha value is -3.78. The zero-order chi connectivity index (χ0) is 23.0. The normalized spacial score (nSPS) is 12.7. The second-order valence-electron chi connectivity index (χ2n) is 7.88. The van der Waals surface area contributed by atoms with E-state index < -0.39 is 9.84 Å². The maximum Gasteiger partial charge on any atom is 0.234 e. The van der Waals surface area contributed by atoms with Crippen molar-refractivity contribution in [3.8, 4) is 23.0 Å². The van der Waals surface area contributed by atoms with Gasteiger partial charge in [-0.25, -0.2) is 8.42 Å². The molecule has 0 amide bonds. The van der Waals surface area contributed by atoms with Crippen LogP contribution in [0.2, 0.25) is 0 Å². The molecular weight excluding hydrogens is 440 g/mol. The van der Waals surface area contributed by atoms with E-state index in [9.17, 15) is 8.42 Å². The molecule has 0 saturated heterocycles. The summed E-state index contributed by atoms with van der Waals surface area (Å²) in [7, 11) is -3.91. The molecule has 1 aromatic heterocycles. The van der Waals surface area contributed by atoms with Crippen LogP contribution in [0, 0.1) is 13.8 Å². The summed E-state index contributed by atoms with van der Waals surface area (Å²) in [4.78, 5) is 4.54. The van der Waals surface area contributed by atoms with E-state index in [1.54, 1.807) is 24.3 Å². The van der Waals surface area contributed by atoms with Crippen LogP contribution < -0.4 is 14.8 Å². The standard InChI is InChI=1S/C25H22N2O5S/c1-16-3-8-19(9-4-16)23-27-25(33(28,29)20-10-5-17(2)6-11-20)24(32-23)26-14-18-7-12-21-22(13-18)31-15-30-21/h3-13,26H,14-15H2,1-2H3. The summed E-state index contributed by atoms with van der Waals surface area (Å²) in [5, 5.41) is 2.95. The number of nitrogens with zero attached hydrogens (tertiary/aromatic N) is 1. The third-order valence-electron chi connectivity index (χ3n) is 5.37. The highest BCUT2D eigenvalue weighted by Crippen LogP contribution is 2.35. The van der Waals surface area contributed by atoms with Crippen LogP contribution in [0.15, 0.2) is 81.1 Å². The Bertz CT molecular complexity index is 1410. The van der Waals surface area contributed by atoms with Gasteiger partial charge in [0.1, 0.15) is 0 Å². The van der Waals surface area contributed by atoms with Crippen molar-refractivity contribution in [1.29, 1.82) is 0 Å². The van der Waals surface area contributed by atoms with E-state index in [0.29, 0.717) is 23.6 Å². The molecule has 8 heteroatoms. The van der Waals surface area contributed by atoms with Crippen LogP contribution in [0.3, 0.4) is 0 Å². The third-order valence-corrected chi connectivity index (χ3v) is 7.05. The van der Waals surface area contributed by atoms with Gasteiger partial charge < -0.3 is 19.2 Å². The van der Waals surface area contributed by atoms with E-state index >= 15 is 0 Å². The number of anilines is 1. The lowest BCUT2D eigenvalue weighted by atomic mass is 10.1. The van der Waals surface area contributed by atoms with Crippen molar-refractivity contribution in [3.05, 3.63) is 83.4 Å². The van der Waals surface area contributed by atoms with Gasteiger partial charge >= 0.3 is 0 Å². The number of aromatic nitrogens is 1. The Morgan fingerprint density at radius 1 is 0.879 bits per heavy atom. The Balaban J connectivity index is 1.52. The van der Waals surface area contributed by atoms with E-state index in [2.05, 4.69) is 10.3 Å².